The van der Waals surface area contributed by atoms with Gasteiger partial charge in [0.2, 0.25) is 0 Å². The molecule has 1 saturated carbocycles. The summed E-state index contributed by atoms with van der Waals surface area (Å²) >= 11 is 12.9. The second kappa shape index (κ2) is 2.76. The van der Waals surface area contributed by atoms with Gasteiger partial charge in [-0.2, -0.15) is 0 Å². The molecule has 0 saturated heterocycles. The molecule has 1 aromatic heterocycles. The third-order valence-corrected chi connectivity index (χ3v) is 3.64. The van der Waals surface area contributed by atoms with Gasteiger partial charge in [-0.3, -0.25) is 4.79 Å². The predicted octanol–water partition coefficient (Wildman–Crippen LogP) is 2.10. The smallest absolute Gasteiger partial charge is 0.306 e. The van der Waals surface area contributed by atoms with E-state index in [1.807, 2.05) is 0 Å². The van der Waals surface area contributed by atoms with Gasteiger partial charge < -0.3 is 4.57 Å². The van der Waals surface area contributed by atoms with E-state index in [1.165, 1.54) is 11.3 Å². The molecule has 1 atom stereocenters. The maximum atomic E-state index is 11.1. The number of aromatic nitrogens is 1. The Morgan fingerprint density at radius 3 is 2.83 bits per heavy atom. The van der Waals surface area contributed by atoms with Crippen molar-refractivity contribution in [3.8, 4) is 0 Å². The van der Waals surface area contributed by atoms with Gasteiger partial charge in [0, 0.05) is 24.0 Å². The highest BCUT2D eigenvalue weighted by Gasteiger charge is 2.51. The molecule has 0 amide bonds. The summed E-state index contributed by atoms with van der Waals surface area (Å²) in [6.45, 7) is 0.648. The highest BCUT2D eigenvalue weighted by Crippen LogP contribution is 2.53. The van der Waals surface area contributed by atoms with E-state index in [0.29, 0.717) is 6.54 Å². The molecule has 1 aliphatic carbocycles. The minimum Gasteiger partial charge on any atom is -0.306 e. The van der Waals surface area contributed by atoms with Gasteiger partial charge in [-0.25, -0.2) is 0 Å². The lowest BCUT2D eigenvalue weighted by Crippen LogP contribution is -2.14. The summed E-state index contributed by atoms with van der Waals surface area (Å²) in [5, 5.41) is 1.77. The molecule has 66 valence electrons. The van der Waals surface area contributed by atoms with E-state index >= 15 is 0 Å². The number of halogens is 2. The molecule has 2 rings (SSSR count). The fourth-order valence-corrected chi connectivity index (χ4v) is 2.24. The lowest BCUT2D eigenvalue weighted by Gasteiger charge is -1.99. The van der Waals surface area contributed by atoms with Crippen LogP contribution in [0.2, 0.25) is 0 Å². The number of alkyl halides is 2. The molecule has 5 heteroatoms. The van der Waals surface area contributed by atoms with Crippen molar-refractivity contribution < 1.29 is 0 Å². The molecule has 0 spiro atoms. The minimum absolute atomic E-state index is 0.0611. The van der Waals surface area contributed by atoms with E-state index in [4.69, 9.17) is 23.2 Å². The van der Waals surface area contributed by atoms with Crippen LogP contribution in [0.3, 0.4) is 0 Å². The molecule has 0 bridgehead atoms. The van der Waals surface area contributed by atoms with Crippen LogP contribution in [0.15, 0.2) is 16.4 Å². The minimum atomic E-state index is -0.582. The molecule has 0 aliphatic heterocycles. The van der Waals surface area contributed by atoms with E-state index in [1.54, 1.807) is 16.1 Å². The first-order chi connectivity index (χ1) is 5.59. The molecular formula is C7H7Cl2NOS. The van der Waals surface area contributed by atoms with Gasteiger partial charge in [-0.15, -0.1) is 23.2 Å². The monoisotopic (exact) mass is 223 g/mol. The summed E-state index contributed by atoms with van der Waals surface area (Å²) in [6, 6.07) is 0. The average Bonchev–Trinajstić information content (AvgIpc) is 2.39. The van der Waals surface area contributed by atoms with Crippen LogP contribution < -0.4 is 4.87 Å². The van der Waals surface area contributed by atoms with E-state index in [9.17, 15) is 4.79 Å². The molecule has 12 heavy (non-hydrogen) atoms. The van der Waals surface area contributed by atoms with Crippen LogP contribution in [0.25, 0.3) is 0 Å². The summed E-state index contributed by atoms with van der Waals surface area (Å²) in [5.74, 6) is 0.244. The molecule has 1 unspecified atom stereocenters. The summed E-state index contributed by atoms with van der Waals surface area (Å²) < 4.78 is 1.07. The number of hydrogen-bond donors (Lipinski definition) is 0. The molecule has 0 radical (unpaired) electrons. The van der Waals surface area contributed by atoms with Crippen molar-refractivity contribution in [3.05, 3.63) is 21.2 Å². The van der Waals surface area contributed by atoms with E-state index in [0.717, 1.165) is 6.42 Å². The quantitative estimate of drug-likeness (QED) is 0.705. The van der Waals surface area contributed by atoms with E-state index in [-0.39, 0.29) is 10.8 Å². The first-order valence-corrected chi connectivity index (χ1v) is 5.25. The molecule has 1 aliphatic rings. The summed E-state index contributed by atoms with van der Waals surface area (Å²) in [6.07, 6.45) is 2.56. The molecular weight excluding hydrogens is 217 g/mol. The van der Waals surface area contributed by atoms with Crippen molar-refractivity contribution in [2.75, 3.05) is 0 Å². The molecule has 1 fully saturated rings. The van der Waals surface area contributed by atoms with Crippen molar-refractivity contribution in [2.45, 2.75) is 17.3 Å². The maximum Gasteiger partial charge on any atom is 0.307 e. The Labute approximate surface area is 83.7 Å². The normalized spacial score (nSPS) is 25.7. The van der Waals surface area contributed by atoms with Gasteiger partial charge in [0.15, 0.2) is 0 Å². The SMILES string of the molecule is O=c1sccn1CC1CC1(Cl)Cl. The zero-order chi connectivity index (χ0) is 8.77. The van der Waals surface area contributed by atoms with Crippen LogP contribution >= 0.6 is 34.5 Å². The van der Waals surface area contributed by atoms with Gasteiger partial charge in [-0.1, -0.05) is 11.3 Å². The second-order valence-corrected chi connectivity index (χ2v) is 5.38. The summed E-state index contributed by atoms with van der Waals surface area (Å²) in [4.78, 5) is 11.1. The molecule has 1 heterocycles. The van der Waals surface area contributed by atoms with Crippen molar-refractivity contribution in [2.24, 2.45) is 5.92 Å². The molecule has 0 aromatic carbocycles. The highest BCUT2D eigenvalue weighted by molar-refractivity contribution is 7.07. The Morgan fingerprint density at radius 2 is 2.42 bits per heavy atom. The third kappa shape index (κ3) is 1.53. The summed E-state index contributed by atoms with van der Waals surface area (Å²) in [5.41, 5.74) is 0. The van der Waals surface area contributed by atoms with Crippen LogP contribution in [-0.4, -0.2) is 8.90 Å². The van der Waals surface area contributed by atoms with Crippen molar-refractivity contribution in [3.63, 3.8) is 0 Å². The first-order valence-electron chi connectivity index (χ1n) is 3.61. The largest absolute Gasteiger partial charge is 0.307 e. The highest BCUT2D eigenvalue weighted by atomic mass is 35.5. The Morgan fingerprint density at radius 1 is 1.75 bits per heavy atom. The van der Waals surface area contributed by atoms with Crippen LogP contribution in [0, 0.1) is 5.92 Å². The van der Waals surface area contributed by atoms with Gasteiger partial charge in [0.05, 0.1) is 0 Å². The molecule has 1 aromatic rings. The number of rotatable bonds is 2. The van der Waals surface area contributed by atoms with Gasteiger partial charge in [0.1, 0.15) is 4.33 Å². The first kappa shape index (κ1) is 8.60. The Kier molecular flexibility index (Phi) is 1.97. The lowest BCUT2D eigenvalue weighted by atomic mass is 10.4. The van der Waals surface area contributed by atoms with E-state index in [2.05, 4.69) is 0 Å². The zero-order valence-electron chi connectivity index (χ0n) is 6.17. The Balaban J connectivity index is 2.07. The Hall–Kier alpha value is 0.01000. The van der Waals surface area contributed by atoms with Gasteiger partial charge >= 0.3 is 4.87 Å². The molecule has 0 N–H and O–H groups in total. The van der Waals surface area contributed by atoms with Crippen molar-refractivity contribution in [1.82, 2.24) is 4.57 Å². The number of thiazole rings is 1. The Bertz CT molecular complexity index is 343. The average molecular weight is 224 g/mol. The van der Waals surface area contributed by atoms with Gasteiger partial charge in [-0.05, 0) is 6.42 Å². The van der Waals surface area contributed by atoms with Crippen LogP contribution in [0.1, 0.15) is 6.42 Å². The van der Waals surface area contributed by atoms with Crippen LogP contribution in [0.5, 0.6) is 0 Å². The number of nitrogens with zero attached hydrogens (tertiary/aromatic N) is 1. The van der Waals surface area contributed by atoms with E-state index < -0.39 is 4.33 Å². The summed E-state index contributed by atoms with van der Waals surface area (Å²) in [7, 11) is 0. The number of hydrogen-bond acceptors (Lipinski definition) is 2. The standard InChI is InChI=1S/C7H7Cl2NOS/c8-7(9)3-5(7)4-10-1-2-12-6(10)11/h1-2,5H,3-4H2. The van der Waals surface area contributed by atoms with Crippen molar-refractivity contribution in [1.29, 1.82) is 0 Å². The third-order valence-electron chi connectivity index (χ3n) is 2.02. The van der Waals surface area contributed by atoms with Crippen LogP contribution in [0.4, 0.5) is 0 Å². The predicted molar refractivity (Wildman–Crippen MR) is 51.1 cm³/mol. The van der Waals surface area contributed by atoms with Crippen LogP contribution in [-0.2, 0) is 6.54 Å². The fraction of sp³-hybridized carbons (Fsp3) is 0.571. The lowest BCUT2D eigenvalue weighted by molar-refractivity contribution is 0.613. The zero-order valence-corrected chi connectivity index (χ0v) is 8.49. The van der Waals surface area contributed by atoms with Crippen molar-refractivity contribution >= 4 is 34.5 Å². The second-order valence-electron chi connectivity index (χ2n) is 2.98. The molecule has 2 nitrogen and oxygen atoms in total. The fourth-order valence-electron chi connectivity index (χ4n) is 1.13. The maximum absolute atomic E-state index is 11.1. The van der Waals surface area contributed by atoms with Gasteiger partial charge in [0.25, 0.3) is 0 Å². The topological polar surface area (TPSA) is 22.0 Å².